The molecule has 3 N–H and O–H groups in total. The van der Waals surface area contributed by atoms with E-state index in [1.54, 1.807) is 16.9 Å². The average Bonchev–Trinajstić information content (AvgIpc) is 3.48. The topological polar surface area (TPSA) is 140 Å². The third-order valence-corrected chi connectivity index (χ3v) is 7.56. The summed E-state index contributed by atoms with van der Waals surface area (Å²) in [4.78, 5) is 9.32. The third kappa shape index (κ3) is 4.32. The Morgan fingerprint density at radius 2 is 1.97 bits per heavy atom. The van der Waals surface area contributed by atoms with Gasteiger partial charge in [-0.05, 0) is 30.5 Å². The highest BCUT2D eigenvalue weighted by Gasteiger charge is 2.28. The van der Waals surface area contributed by atoms with Crippen LogP contribution in [0.5, 0.6) is 0 Å². The van der Waals surface area contributed by atoms with Crippen molar-refractivity contribution >= 4 is 21.6 Å². The van der Waals surface area contributed by atoms with E-state index in [2.05, 4.69) is 26.3 Å². The van der Waals surface area contributed by atoms with Crippen LogP contribution >= 0.6 is 0 Å². The zero-order valence-corrected chi connectivity index (χ0v) is 19.3. The Bertz CT molecular complexity index is 1370. The van der Waals surface area contributed by atoms with E-state index in [1.165, 1.54) is 22.7 Å². The van der Waals surface area contributed by atoms with E-state index >= 15 is 0 Å². The molecule has 0 amide bonds. The number of hydrogen-bond acceptors (Lipinski definition) is 9. The number of nitrogens with zero attached hydrogens (tertiary/aromatic N) is 6. The summed E-state index contributed by atoms with van der Waals surface area (Å²) in [6, 6.07) is 6.36. The second-order valence-electron chi connectivity index (χ2n) is 8.55. The van der Waals surface area contributed by atoms with E-state index < -0.39 is 15.8 Å². The summed E-state index contributed by atoms with van der Waals surface area (Å²) in [7, 11) is -3.20. The second kappa shape index (κ2) is 8.88. The van der Waals surface area contributed by atoms with E-state index in [0.29, 0.717) is 61.7 Å². The van der Waals surface area contributed by atoms with Crippen molar-refractivity contribution in [2.45, 2.75) is 24.8 Å². The van der Waals surface area contributed by atoms with E-state index in [4.69, 9.17) is 10.2 Å². The van der Waals surface area contributed by atoms with Crippen molar-refractivity contribution in [3.05, 3.63) is 41.6 Å². The summed E-state index contributed by atoms with van der Waals surface area (Å²) in [6.07, 6.45) is 4.09. The number of rotatable bonds is 5. The maximum Gasteiger partial charge on any atom is 0.243 e. The number of nitrogens with one attached hydrogen (secondary N) is 3. The zero-order valence-electron chi connectivity index (χ0n) is 18.5. The van der Waals surface area contributed by atoms with Gasteiger partial charge in [0.25, 0.3) is 0 Å². The van der Waals surface area contributed by atoms with Crippen molar-refractivity contribution in [2.24, 2.45) is 0 Å². The number of piperidine rings is 1. The first-order valence-corrected chi connectivity index (χ1v) is 12.8. The highest BCUT2D eigenvalue weighted by atomic mass is 32.2. The monoisotopic (exact) mass is 485 g/mol. The predicted octanol–water partition coefficient (Wildman–Crippen LogP) is 0.829. The zero-order chi connectivity index (χ0) is 23.9. The van der Waals surface area contributed by atoms with Gasteiger partial charge in [-0.25, -0.2) is 22.1 Å². The minimum atomic E-state index is -3.20. The van der Waals surface area contributed by atoms with Crippen molar-refractivity contribution in [3.8, 4) is 17.2 Å². The maximum absolute atomic E-state index is 14.5. The minimum absolute atomic E-state index is 0.0290. The van der Waals surface area contributed by atoms with Crippen LogP contribution in [-0.2, 0) is 10.0 Å². The Labute approximate surface area is 196 Å². The predicted molar refractivity (Wildman–Crippen MR) is 123 cm³/mol. The van der Waals surface area contributed by atoms with Gasteiger partial charge in [0.15, 0.2) is 5.65 Å². The number of hydrogen-bond donors (Lipinski definition) is 3. The lowest BCUT2D eigenvalue weighted by Crippen LogP contribution is -2.41. The molecule has 2 aliphatic heterocycles. The molecule has 5 rings (SSSR count). The third-order valence-electron chi connectivity index (χ3n) is 6.26. The van der Waals surface area contributed by atoms with Crippen LogP contribution in [0.15, 0.2) is 24.5 Å². The molecule has 4 heterocycles. The Morgan fingerprint density at radius 3 is 2.62 bits per heavy atom. The first-order valence-electron chi connectivity index (χ1n) is 11.0. The van der Waals surface area contributed by atoms with Crippen molar-refractivity contribution in [1.29, 1.82) is 5.26 Å². The summed E-state index contributed by atoms with van der Waals surface area (Å²) in [5, 5.41) is 16.9. The highest BCUT2D eigenvalue weighted by Crippen LogP contribution is 2.33. The SMILES string of the molecule is CS(=O)(=O)N1CCC(Nc2nc3c(-c4ccc(C#N)c(F)c4)c(C4CNNC4)ncn3n2)CC1. The van der Waals surface area contributed by atoms with Crippen LogP contribution in [0.25, 0.3) is 16.8 Å². The molecular weight excluding hydrogens is 461 g/mol. The number of halogens is 1. The smallest absolute Gasteiger partial charge is 0.243 e. The molecule has 2 saturated heterocycles. The standard InChI is InChI=1S/C21H24FN9O2S/c1-34(32,33)30-6-4-16(5-7-30)27-21-28-20-18(13-2-3-14(9-23)17(22)8-13)19(15-10-25-26-11-15)24-12-31(20)29-21/h2-3,8,12,15-16,25-26H,4-7,10-11H2,1H3,(H,27,29). The molecule has 1 aromatic carbocycles. The van der Waals surface area contributed by atoms with Gasteiger partial charge in [-0.3, -0.25) is 10.9 Å². The Kier molecular flexibility index (Phi) is 5.90. The molecule has 0 unspecified atom stereocenters. The molecule has 0 spiro atoms. The molecule has 2 aromatic heterocycles. The fraction of sp³-hybridized carbons (Fsp3) is 0.429. The summed E-state index contributed by atoms with van der Waals surface area (Å²) >= 11 is 0. The van der Waals surface area contributed by atoms with Gasteiger partial charge in [-0.15, -0.1) is 5.10 Å². The fourth-order valence-corrected chi connectivity index (χ4v) is 5.32. The molecule has 0 aliphatic carbocycles. The van der Waals surface area contributed by atoms with Crippen LogP contribution in [0.4, 0.5) is 10.3 Å². The summed E-state index contributed by atoms with van der Waals surface area (Å²) < 4.78 is 41.1. The molecule has 0 bridgehead atoms. The van der Waals surface area contributed by atoms with Crippen molar-refractivity contribution < 1.29 is 12.8 Å². The Morgan fingerprint density at radius 1 is 1.24 bits per heavy atom. The molecule has 0 atom stereocenters. The Balaban J connectivity index is 1.50. The number of sulfonamides is 1. The molecule has 0 radical (unpaired) electrons. The molecular formula is C21H24FN9O2S. The number of fused-ring (bicyclic) bond motifs is 1. The van der Waals surface area contributed by atoms with E-state index in [9.17, 15) is 12.8 Å². The molecule has 2 fully saturated rings. The van der Waals surface area contributed by atoms with E-state index in [1.807, 2.05) is 6.07 Å². The highest BCUT2D eigenvalue weighted by molar-refractivity contribution is 7.88. The van der Waals surface area contributed by atoms with E-state index in [-0.39, 0.29) is 17.5 Å². The lowest BCUT2D eigenvalue weighted by Gasteiger charge is -2.30. The summed E-state index contributed by atoms with van der Waals surface area (Å²) in [5.41, 5.74) is 8.67. The number of aromatic nitrogens is 4. The van der Waals surface area contributed by atoms with Gasteiger partial charge in [0.2, 0.25) is 16.0 Å². The number of benzene rings is 1. The summed E-state index contributed by atoms with van der Waals surface area (Å²) in [6.45, 7) is 2.19. The lowest BCUT2D eigenvalue weighted by atomic mass is 9.96. The van der Waals surface area contributed by atoms with Gasteiger partial charge in [0, 0.05) is 43.7 Å². The van der Waals surface area contributed by atoms with Gasteiger partial charge >= 0.3 is 0 Å². The lowest BCUT2D eigenvalue weighted by molar-refractivity contribution is 0.331. The van der Waals surface area contributed by atoms with E-state index in [0.717, 1.165) is 5.69 Å². The Hall–Kier alpha value is -3.18. The van der Waals surface area contributed by atoms with Crippen molar-refractivity contribution in [3.63, 3.8) is 0 Å². The van der Waals surface area contributed by atoms with Crippen LogP contribution in [0, 0.1) is 17.1 Å². The number of hydrazine groups is 1. The maximum atomic E-state index is 14.5. The van der Waals surface area contributed by atoms with Crippen LogP contribution < -0.4 is 16.2 Å². The van der Waals surface area contributed by atoms with Gasteiger partial charge in [0.1, 0.15) is 18.2 Å². The molecule has 2 aliphatic rings. The number of anilines is 1. The van der Waals surface area contributed by atoms with Crippen LogP contribution in [0.2, 0.25) is 0 Å². The molecule has 13 heteroatoms. The first kappa shape index (κ1) is 22.6. The van der Waals surface area contributed by atoms with Gasteiger partial charge in [0.05, 0.1) is 17.5 Å². The van der Waals surface area contributed by atoms with Crippen LogP contribution in [-0.4, -0.2) is 70.8 Å². The molecule has 178 valence electrons. The molecule has 34 heavy (non-hydrogen) atoms. The first-order chi connectivity index (χ1) is 16.3. The fourth-order valence-electron chi connectivity index (χ4n) is 4.45. The van der Waals surface area contributed by atoms with Gasteiger partial charge in [-0.2, -0.15) is 14.8 Å². The van der Waals surface area contributed by atoms with Crippen LogP contribution in [0.3, 0.4) is 0 Å². The second-order valence-corrected chi connectivity index (χ2v) is 10.5. The van der Waals surface area contributed by atoms with Crippen molar-refractivity contribution in [2.75, 3.05) is 37.8 Å². The number of nitriles is 1. The van der Waals surface area contributed by atoms with Crippen LogP contribution in [0.1, 0.15) is 30.0 Å². The molecule has 11 nitrogen and oxygen atoms in total. The minimum Gasteiger partial charge on any atom is -0.350 e. The average molecular weight is 486 g/mol. The quantitative estimate of drug-likeness (QED) is 0.479. The molecule has 3 aromatic rings. The van der Waals surface area contributed by atoms with Gasteiger partial charge < -0.3 is 5.32 Å². The molecule has 0 saturated carbocycles. The largest absolute Gasteiger partial charge is 0.350 e. The van der Waals surface area contributed by atoms with Crippen molar-refractivity contribution in [1.82, 2.24) is 34.7 Å². The summed E-state index contributed by atoms with van der Waals surface area (Å²) in [5.74, 6) is -0.159. The normalized spacial score (nSPS) is 18.4. The van der Waals surface area contributed by atoms with Gasteiger partial charge in [-0.1, -0.05) is 6.07 Å².